The van der Waals surface area contributed by atoms with Gasteiger partial charge in [-0.1, -0.05) is 99.2 Å². The minimum absolute atomic E-state index is 0.279. The van der Waals surface area contributed by atoms with Crippen LogP contribution in [0.5, 0.6) is 0 Å². The third-order valence-corrected chi connectivity index (χ3v) is 12.6. The van der Waals surface area contributed by atoms with Gasteiger partial charge in [-0.05, 0) is 71.3 Å². The Morgan fingerprint density at radius 1 is 0.415 bits per heavy atom. The zero-order chi connectivity index (χ0) is 44.8. The van der Waals surface area contributed by atoms with Crippen LogP contribution in [0.1, 0.15) is 56.9 Å². The number of hydrogen-bond donors (Lipinski definition) is 1. The first-order chi connectivity index (χ1) is 32.2. The second-order valence-electron chi connectivity index (χ2n) is 17.4. The molecule has 12 nitrogen and oxygen atoms in total. The molecule has 3 aromatic rings. The van der Waals surface area contributed by atoms with Crippen LogP contribution in [0.15, 0.2) is 90.4 Å². The first kappa shape index (κ1) is 51.0. The number of aliphatic hydroxyl groups excluding tert-OH is 1. The molecule has 0 amide bonds. The Kier molecular flexibility index (Phi) is 24.8. The van der Waals surface area contributed by atoms with E-state index in [1.165, 1.54) is 78.5 Å². The zero-order valence-corrected chi connectivity index (χ0v) is 39.4. The fraction of sp³-hybridized carbons (Fsp3) is 0.623. The molecule has 0 aromatic heterocycles. The van der Waals surface area contributed by atoms with E-state index in [1.807, 2.05) is 29.2 Å². The van der Waals surface area contributed by atoms with E-state index in [0.29, 0.717) is 106 Å². The smallest absolute Gasteiger partial charge is 0.194 e. The van der Waals surface area contributed by atoms with Gasteiger partial charge >= 0.3 is 0 Å². The highest BCUT2D eigenvalue weighted by Crippen LogP contribution is 2.29. The van der Waals surface area contributed by atoms with Crippen LogP contribution in [-0.4, -0.2) is 183 Å². The quantitative estimate of drug-likeness (QED) is 0.0970. The van der Waals surface area contributed by atoms with Gasteiger partial charge in [-0.2, -0.15) is 0 Å². The van der Waals surface area contributed by atoms with Crippen LogP contribution in [-0.2, 0) is 39.7 Å². The van der Waals surface area contributed by atoms with Crippen molar-refractivity contribution >= 4 is 21.5 Å². The highest BCUT2D eigenvalue weighted by atomic mass is 16.5. The summed E-state index contributed by atoms with van der Waals surface area (Å²) in [5.41, 5.74) is 2.19. The monoisotopic (exact) mass is 901 g/mol. The van der Waals surface area contributed by atoms with Gasteiger partial charge in [0.2, 0.25) is 0 Å². The van der Waals surface area contributed by atoms with Gasteiger partial charge < -0.3 is 43.2 Å². The van der Waals surface area contributed by atoms with Crippen LogP contribution < -0.4 is 0 Å². The Hall–Kier alpha value is -3.40. The molecule has 2 saturated heterocycles. The molecule has 360 valence electrons. The van der Waals surface area contributed by atoms with Gasteiger partial charge in [-0.25, -0.2) is 0 Å². The number of rotatable bonds is 14. The van der Waals surface area contributed by atoms with Gasteiger partial charge in [-0.15, -0.1) is 0 Å². The van der Waals surface area contributed by atoms with Crippen molar-refractivity contribution < 1.29 is 38.3 Å². The predicted octanol–water partition coefficient (Wildman–Crippen LogP) is 7.86. The molecule has 0 spiro atoms. The van der Waals surface area contributed by atoms with E-state index in [1.54, 1.807) is 0 Å². The van der Waals surface area contributed by atoms with Gasteiger partial charge in [0.15, 0.2) is 5.88 Å². The number of nitrogens with zero attached hydrogens (tertiary/aromatic N) is 4. The van der Waals surface area contributed by atoms with Crippen LogP contribution in [0.4, 0.5) is 0 Å². The molecule has 1 N–H and O–H groups in total. The van der Waals surface area contributed by atoms with Crippen molar-refractivity contribution in [1.82, 2.24) is 19.6 Å². The Morgan fingerprint density at radius 2 is 0.769 bits per heavy atom. The van der Waals surface area contributed by atoms with Crippen LogP contribution in [0.2, 0.25) is 0 Å². The fourth-order valence-corrected chi connectivity index (χ4v) is 8.78. The topological polar surface area (TPSA) is 97.8 Å². The molecule has 0 unspecified atom stereocenters. The Labute approximate surface area is 390 Å². The normalized spacial score (nSPS) is 20.1. The number of benzene rings is 3. The summed E-state index contributed by atoms with van der Waals surface area (Å²) in [5.74, 6) is 0.279. The summed E-state index contributed by atoms with van der Waals surface area (Å²) in [6.07, 6.45) is 17.8. The summed E-state index contributed by atoms with van der Waals surface area (Å²) in [6, 6.07) is 19.7. The third kappa shape index (κ3) is 19.4. The molecule has 3 aliphatic rings. The lowest BCUT2D eigenvalue weighted by atomic mass is 9.96. The van der Waals surface area contributed by atoms with Gasteiger partial charge in [-0.3, -0.25) is 14.7 Å². The van der Waals surface area contributed by atoms with E-state index in [0.717, 1.165) is 64.5 Å². The molecular weight excluding hydrogens is 821 g/mol. The molecule has 0 atom stereocenters. The van der Waals surface area contributed by atoms with Crippen LogP contribution in [0.25, 0.3) is 21.5 Å². The first-order valence-corrected chi connectivity index (χ1v) is 24.9. The minimum atomic E-state index is 0.279. The first-order valence-electron chi connectivity index (χ1n) is 24.9. The molecule has 1 aliphatic carbocycles. The summed E-state index contributed by atoms with van der Waals surface area (Å²) in [5, 5.41) is 16.0. The average Bonchev–Trinajstić information content (AvgIpc) is 3.87. The van der Waals surface area contributed by atoms with Crippen LogP contribution in [0, 0.1) is 0 Å². The molecule has 3 aromatic carbocycles. The molecule has 0 radical (unpaired) electrons. The van der Waals surface area contributed by atoms with Crippen LogP contribution >= 0.6 is 0 Å². The van der Waals surface area contributed by atoms with Crippen molar-refractivity contribution in [2.45, 2.75) is 57.9 Å². The standard InChI is InChI=1S/C53H80N4O8/c58-53(47-15-7-8-16-47)57-29-37-59-31-23-54(24-32-62-43-44-65-38-30-57)21-13-5-3-1-2-4-6-14-22-55-25-33-60-39-41-63-35-27-56(28-36-64-42-40-61-34-26-55)46-52-50-19-11-9-17-48(50)45-49-18-10-12-20-51(49)52/h7-12,15-20,45,58H,1-6,13-14,21-44,46H2. The molecule has 0 bridgehead atoms. The molecule has 2 aliphatic heterocycles. The number of fused-ring (bicyclic) bond motifs is 2. The minimum Gasteiger partial charge on any atom is -0.494 e. The van der Waals surface area contributed by atoms with E-state index in [4.69, 9.17) is 33.2 Å². The fourth-order valence-electron chi connectivity index (χ4n) is 8.78. The van der Waals surface area contributed by atoms with Crippen molar-refractivity contribution in [2.75, 3.05) is 158 Å². The summed E-state index contributed by atoms with van der Waals surface area (Å²) in [7, 11) is 0. The van der Waals surface area contributed by atoms with Crippen molar-refractivity contribution in [3.63, 3.8) is 0 Å². The highest BCUT2D eigenvalue weighted by molar-refractivity contribution is 6.02. The van der Waals surface area contributed by atoms with Crippen LogP contribution in [0.3, 0.4) is 0 Å². The SMILES string of the molecule is OC(=C1C=CC=C1)N1CCOCCOCCN(CCCCCCCCCCN2CCOCCOCCN(Cc3c4ccccc4cc4ccccc34)CCOCCOCC2)CCOCC1. The molecule has 2 heterocycles. The van der Waals surface area contributed by atoms with Crippen molar-refractivity contribution in [3.8, 4) is 0 Å². The molecule has 12 heteroatoms. The van der Waals surface area contributed by atoms with Gasteiger partial charge in [0.05, 0.1) is 92.5 Å². The second kappa shape index (κ2) is 31.6. The zero-order valence-electron chi connectivity index (χ0n) is 39.4. The summed E-state index contributed by atoms with van der Waals surface area (Å²) in [6.45, 7) is 18.3. The Bertz CT molecular complexity index is 1750. The van der Waals surface area contributed by atoms with E-state index in [2.05, 4.69) is 69.3 Å². The number of unbranched alkanes of at least 4 members (excludes halogenated alkanes) is 7. The Balaban J connectivity index is 0.811. The lowest BCUT2D eigenvalue weighted by Crippen LogP contribution is -2.33. The number of ether oxygens (including phenoxy) is 7. The van der Waals surface area contributed by atoms with E-state index >= 15 is 0 Å². The lowest BCUT2D eigenvalue weighted by Gasteiger charge is -2.25. The molecule has 6 rings (SSSR count). The van der Waals surface area contributed by atoms with Crippen molar-refractivity contribution in [3.05, 3.63) is 95.9 Å². The van der Waals surface area contributed by atoms with Gasteiger partial charge in [0.1, 0.15) is 0 Å². The van der Waals surface area contributed by atoms with Crippen molar-refractivity contribution in [2.24, 2.45) is 0 Å². The number of aliphatic hydroxyl groups is 1. The van der Waals surface area contributed by atoms with Crippen molar-refractivity contribution in [1.29, 1.82) is 0 Å². The van der Waals surface area contributed by atoms with Gasteiger partial charge in [0, 0.05) is 64.5 Å². The molecule has 65 heavy (non-hydrogen) atoms. The maximum Gasteiger partial charge on any atom is 0.194 e. The van der Waals surface area contributed by atoms with E-state index in [9.17, 15) is 5.11 Å². The summed E-state index contributed by atoms with van der Waals surface area (Å²) >= 11 is 0. The number of allylic oxidation sites excluding steroid dienone is 5. The van der Waals surface area contributed by atoms with E-state index < -0.39 is 0 Å². The average molecular weight is 901 g/mol. The van der Waals surface area contributed by atoms with Gasteiger partial charge in [0.25, 0.3) is 0 Å². The molecule has 2 fully saturated rings. The predicted molar refractivity (Wildman–Crippen MR) is 262 cm³/mol. The lowest BCUT2D eigenvalue weighted by molar-refractivity contribution is 0.00708. The largest absolute Gasteiger partial charge is 0.494 e. The van der Waals surface area contributed by atoms with E-state index in [-0.39, 0.29) is 5.88 Å². The second-order valence-corrected chi connectivity index (χ2v) is 17.4. The summed E-state index contributed by atoms with van der Waals surface area (Å²) < 4.78 is 42.0. The maximum atomic E-state index is 10.8. The third-order valence-electron chi connectivity index (χ3n) is 12.6. The molecular formula is C53H80N4O8. The number of hydrogen-bond acceptors (Lipinski definition) is 12. The molecule has 0 saturated carbocycles. The Morgan fingerprint density at radius 3 is 1.20 bits per heavy atom. The highest BCUT2D eigenvalue weighted by Gasteiger charge is 2.16. The summed E-state index contributed by atoms with van der Waals surface area (Å²) in [4.78, 5) is 9.37. The maximum absolute atomic E-state index is 10.8.